The number of phenolic OH excluding ortho intramolecular Hbond substituents is 1. The van der Waals surface area contributed by atoms with Crippen molar-refractivity contribution in [2.75, 3.05) is 13.6 Å². The highest BCUT2D eigenvalue weighted by molar-refractivity contribution is 5.61. The second-order valence-corrected chi connectivity index (χ2v) is 9.28. The standard InChI is InChI=1S/C25H27NO3/c1-26-11-10-25-19-8-6-18(12-15-2-4-16(14-27)5-3-15)24(25)29-23-21(28)9-7-17(22(23)25)13-20(19)26/h2-9,18-20,24,27-28H,10-14H2,1H3/t18-,19+,20-,24-,25+/m1/s1. The van der Waals surface area contributed by atoms with Crippen LogP contribution >= 0.6 is 0 Å². The predicted octanol–water partition coefficient (Wildman–Crippen LogP) is 3.19. The van der Waals surface area contributed by atoms with Gasteiger partial charge >= 0.3 is 0 Å². The number of aliphatic hydroxyl groups excluding tert-OH is 1. The lowest BCUT2D eigenvalue weighted by molar-refractivity contribution is -0.0173. The summed E-state index contributed by atoms with van der Waals surface area (Å²) in [6.07, 6.45) is 7.89. The number of piperidine rings is 1. The molecule has 0 unspecified atom stereocenters. The lowest BCUT2D eigenvalue weighted by Crippen LogP contribution is -2.64. The molecule has 0 radical (unpaired) electrons. The van der Waals surface area contributed by atoms with Crippen LogP contribution in [0, 0.1) is 11.8 Å². The van der Waals surface area contributed by atoms with Gasteiger partial charge in [0.1, 0.15) is 6.10 Å². The lowest BCUT2D eigenvalue weighted by Gasteiger charge is -2.57. The average Bonchev–Trinajstić information content (AvgIpc) is 3.10. The van der Waals surface area contributed by atoms with Crippen molar-refractivity contribution in [3.63, 3.8) is 0 Å². The van der Waals surface area contributed by atoms with Gasteiger partial charge in [-0.25, -0.2) is 0 Å². The fourth-order valence-corrected chi connectivity index (χ4v) is 6.59. The second-order valence-electron chi connectivity index (χ2n) is 9.28. The number of benzene rings is 2. The molecule has 2 heterocycles. The first-order chi connectivity index (χ1) is 14.1. The van der Waals surface area contributed by atoms with Crippen molar-refractivity contribution in [3.8, 4) is 11.5 Å². The molecule has 1 spiro atoms. The topological polar surface area (TPSA) is 52.9 Å². The number of phenols is 1. The summed E-state index contributed by atoms with van der Waals surface area (Å²) in [6.45, 7) is 1.15. The van der Waals surface area contributed by atoms with E-state index in [4.69, 9.17) is 4.74 Å². The number of aliphatic hydroxyl groups is 1. The molecule has 2 aliphatic heterocycles. The molecule has 0 aromatic heterocycles. The maximum Gasteiger partial charge on any atom is 0.165 e. The van der Waals surface area contributed by atoms with Crippen LogP contribution in [0.3, 0.4) is 0 Å². The zero-order valence-corrected chi connectivity index (χ0v) is 16.7. The minimum absolute atomic E-state index is 0.0245. The lowest BCUT2D eigenvalue weighted by atomic mass is 9.52. The third kappa shape index (κ3) is 2.27. The summed E-state index contributed by atoms with van der Waals surface area (Å²) < 4.78 is 6.61. The molecule has 0 amide bonds. The van der Waals surface area contributed by atoms with Crippen molar-refractivity contribution >= 4 is 0 Å². The van der Waals surface area contributed by atoms with E-state index in [2.05, 4.69) is 42.3 Å². The monoisotopic (exact) mass is 389 g/mol. The van der Waals surface area contributed by atoms with Gasteiger partial charge < -0.3 is 19.8 Å². The SMILES string of the molecule is CN1CC[C@]23c4c5ccc(O)c4O[C@@H]2[C@@H](Cc2ccc(CO)cc2)C=C[C@H]3[C@H]1C5. The van der Waals surface area contributed by atoms with E-state index in [1.807, 2.05) is 18.2 Å². The molecule has 2 bridgehead atoms. The first kappa shape index (κ1) is 17.5. The smallest absolute Gasteiger partial charge is 0.165 e. The number of likely N-dealkylation sites (N-methyl/N-ethyl adjacent to an activating group) is 1. The Balaban J connectivity index is 1.45. The van der Waals surface area contributed by atoms with E-state index in [9.17, 15) is 10.2 Å². The summed E-state index contributed by atoms with van der Waals surface area (Å²) >= 11 is 0. The molecular weight excluding hydrogens is 362 g/mol. The van der Waals surface area contributed by atoms with E-state index < -0.39 is 0 Å². The number of nitrogens with zero attached hydrogens (tertiary/aromatic N) is 1. The summed E-state index contributed by atoms with van der Waals surface area (Å²) in [6, 6.07) is 12.7. The normalized spacial score (nSPS) is 34.0. The first-order valence-electron chi connectivity index (χ1n) is 10.7. The molecule has 29 heavy (non-hydrogen) atoms. The van der Waals surface area contributed by atoms with Crippen LogP contribution < -0.4 is 4.74 Å². The molecule has 4 heteroatoms. The maximum atomic E-state index is 10.6. The summed E-state index contributed by atoms with van der Waals surface area (Å²) in [4.78, 5) is 2.51. The maximum absolute atomic E-state index is 10.6. The zero-order chi connectivity index (χ0) is 19.8. The van der Waals surface area contributed by atoms with E-state index in [-0.39, 0.29) is 29.8 Å². The Hall–Kier alpha value is -2.30. The van der Waals surface area contributed by atoms with Crippen molar-refractivity contribution in [1.29, 1.82) is 0 Å². The Bertz CT molecular complexity index is 998. The molecular formula is C25H27NO3. The fraction of sp³-hybridized carbons (Fsp3) is 0.440. The van der Waals surface area contributed by atoms with Crippen LogP contribution in [-0.2, 0) is 24.9 Å². The third-order valence-corrected chi connectivity index (χ3v) is 7.96. The van der Waals surface area contributed by atoms with Gasteiger partial charge in [0, 0.05) is 28.9 Å². The Labute approximate surface area is 171 Å². The highest BCUT2D eigenvalue weighted by atomic mass is 16.5. The second kappa shape index (κ2) is 6.10. The molecule has 2 aromatic rings. The van der Waals surface area contributed by atoms with Crippen molar-refractivity contribution in [3.05, 3.63) is 70.8 Å². The number of hydrogen-bond donors (Lipinski definition) is 2. The summed E-state index contributed by atoms with van der Waals surface area (Å²) in [5, 5.41) is 19.9. The van der Waals surface area contributed by atoms with Crippen LogP contribution in [0.5, 0.6) is 11.5 Å². The van der Waals surface area contributed by atoms with Gasteiger partial charge in [0.25, 0.3) is 0 Å². The van der Waals surface area contributed by atoms with E-state index in [0.29, 0.717) is 12.0 Å². The van der Waals surface area contributed by atoms with Gasteiger partial charge in [-0.05, 0) is 55.6 Å². The molecule has 0 saturated carbocycles. The summed E-state index contributed by atoms with van der Waals surface area (Å²) in [5.74, 6) is 1.74. The molecule has 4 nitrogen and oxygen atoms in total. The minimum atomic E-state index is -0.0245. The van der Waals surface area contributed by atoms with Gasteiger partial charge in [-0.1, -0.05) is 42.5 Å². The third-order valence-electron chi connectivity index (χ3n) is 7.96. The van der Waals surface area contributed by atoms with Crippen LogP contribution in [0.4, 0.5) is 0 Å². The average molecular weight is 389 g/mol. The van der Waals surface area contributed by atoms with Gasteiger partial charge in [0.05, 0.1) is 6.61 Å². The van der Waals surface area contributed by atoms with E-state index in [0.717, 1.165) is 37.1 Å². The molecule has 2 aromatic carbocycles. The number of rotatable bonds is 3. The van der Waals surface area contributed by atoms with Crippen LogP contribution in [0.15, 0.2) is 48.6 Å². The van der Waals surface area contributed by atoms with Gasteiger partial charge in [-0.3, -0.25) is 0 Å². The largest absolute Gasteiger partial charge is 0.504 e. The van der Waals surface area contributed by atoms with Crippen molar-refractivity contribution in [2.24, 2.45) is 11.8 Å². The van der Waals surface area contributed by atoms with Crippen LogP contribution in [0.25, 0.3) is 0 Å². The van der Waals surface area contributed by atoms with Gasteiger partial charge in [0.2, 0.25) is 0 Å². The first-order valence-corrected chi connectivity index (χ1v) is 10.7. The van der Waals surface area contributed by atoms with Crippen LogP contribution in [-0.4, -0.2) is 40.9 Å². The number of ether oxygens (including phenoxy) is 1. The van der Waals surface area contributed by atoms with Gasteiger partial charge in [-0.2, -0.15) is 0 Å². The van der Waals surface area contributed by atoms with E-state index in [1.165, 1.54) is 16.7 Å². The van der Waals surface area contributed by atoms with Gasteiger partial charge in [0.15, 0.2) is 11.5 Å². The van der Waals surface area contributed by atoms with E-state index >= 15 is 0 Å². The van der Waals surface area contributed by atoms with Crippen LogP contribution in [0.1, 0.15) is 28.7 Å². The van der Waals surface area contributed by atoms with E-state index in [1.54, 1.807) is 0 Å². The Morgan fingerprint density at radius 1 is 1.10 bits per heavy atom. The number of hydrogen-bond acceptors (Lipinski definition) is 4. The molecule has 150 valence electrons. The number of likely N-dealkylation sites (tertiary alicyclic amines) is 1. The molecule has 2 aliphatic carbocycles. The zero-order valence-electron chi connectivity index (χ0n) is 16.7. The van der Waals surface area contributed by atoms with Crippen molar-refractivity contribution < 1.29 is 14.9 Å². The molecule has 5 atom stereocenters. The molecule has 4 aliphatic rings. The van der Waals surface area contributed by atoms with Gasteiger partial charge in [-0.15, -0.1) is 0 Å². The predicted molar refractivity (Wildman–Crippen MR) is 111 cm³/mol. The minimum Gasteiger partial charge on any atom is -0.504 e. The Morgan fingerprint density at radius 2 is 1.90 bits per heavy atom. The Kier molecular flexibility index (Phi) is 3.69. The quantitative estimate of drug-likeness (QED) is 0.792. The molecule has 2 N–H and O–H groups in total. The summed E-state index contributed by atoms with van der Waals surface area (Å²) in [5.41, 5.74) is 4.83. The molecule has 6 rings (SSSR count). The van der Waals surface area contributed by atoms with Crippen molar-refractivity contribution in [2.45, 2.75) is 43.4 Å². The fourth-order valence-electron chi connectivity index (χ4n) is 6.59. The molecule has 1 saturated heterocycles. The molecule has 1 fully saturated rings. The van der Waals surface area contributed by atoms with Crippen molar-refractivity contribution in [1.82, 2.24) is 4.90 Å². The summed E-state index contributed by atoms with van der Waals surface area (Å²) in [7, 11) is 2.25. The van der Waals surface area contributed by atoms with Crippen LogP contribution in [0.2, 0.25) is 0 Å². The highest BCUT2D eigenvalue weighted by Gasteiger charge is 2.64. The Morgan fingerprint density at radius 3 is 2.69 bits per heavy atom. The number of aromatic hydroxyl groups is 1. The highest BCUT2D eigenvalue weighted by Crippen LogP contribution is 2.63.